The molecule has 0 amide bonds. The standard InChI is InChI=1S/C12H23N3O/c1-5-16-7-12(9(2)3)15-8-14-6-11(15)10(4)13/h6,8-10,12H,5,7,13H2,1-4H3. The molecule has 0 bridgehead atoms. The molecule has 0 aromatic carbocycles. The van der Waals surface area contributed by atoms with Crippen LogP contribution in [0.2, 0.25) is 0 Å². The number of hydrogen-bond donors (Lipinski definition) is 1. The number of ether oxygens (including phenoxy) is 1. The Kier molecular flexibility index (Phi) is 4.96. The summed E-state index contributed by atoms with van der Waals surface area (Å²) < 4.78 is 7.67. The molecule has 0 fully saturated rings. The molecule has 0 radical (unpaired) electrons. The van der Waals surface area contributed by atoms with Crippen molar-refractivity contribution in [3.05, 3.63) is 18.2 Å². The Hall–Kier alpha value is -0.870. The number of nitrogens with zero attached hydrogens (tertiary/aromatic N) is 2. The quantitative estimate of drug-likeness (QED) is 0.807. The van der Waals surface area contributed by atoms with Crippen LogP contribution in [0, 0.1) is 5.92 Å². The fourth-order valence-electron chi connectivity index (χ4n) is 1.78. The maximum Gasteiger partial charge on any atom is 0.0952 e. The van der Waals surface area contributed by atoms with Crippen molar-refractivity contribution in [1.29, 1.82) is 0 Å². The van der Waals surface area contributed by atoms with Gasteiger partial charge >= 0.3 is 0 Å². The van der Waals surface area contributed by atoms with Crippen LogP contribution < -0.4 is 5.73 Å². The van der Waals surface area contributed by atoms with Gasteiger partial charge in [0.1, 0.15) is 0 Å². The van der Waals surface area contributed by atoms with Crippen molar-refractivity contribution >= 4 is 0 Å². The molecule has 0 aliphatic carbocycles. The number of imidazole rings is 1. The third-order valence-electron chi connectivity index (χ3n) is 2.78. The molecule has 1 aromatic heterocycles. The van der Waals surface area contributed by atoms with E-state index in [1.165, 1.54) is 0 Å². The zero-order valence-corrected chi connectivity index (χ0v) is 10.7. The van der Waals surface area contributed by atoms with E-state index in [4.69, 9.17) is 10.5 Å². The second-order valence-electron chi connectivity index (χ2n) is 4.49. The van der Waals surface area contributed by atoms with Gasteiger partial charge in [0.25, 0.3) is 0 Å². The summed E-state index contributed by atoms with van der Waals surface area (Å²) in [6, 6.07) is 0.314. The topological polar surface area (TPSA) is 53.1 Å². The highest BCUT2D eigenvalue weighted by Gasteiger charge is 2.19. The van der Waals surface area contributed by atoms with Gasteiger partial charge in [-0.15, -0.1) is 0 Å². The van der Waals surface area contributed by atoms with E-state index in [1.807, 2.05) is 26.4 Å². The summed E-state index contributed by atoms with van der Waals surface area (Å²) in [4.78, 5) is 4.18. The van der Waals surface area contributed by atoms with Gasteiger partial charge in [-0.25, -0.2) is 4.98 Å². The molecule has 4 heteroatoms. The van der Waals surface area contributed by atoms with E-state index in [9.17, 15) is 0 Å². The van der Waals surface area contributed by atoms with Crippen LogP contribution in [0.5, 0.6) is 0 Å². The Morgan fingerprint density at radius 3 is 2.62 bits per heavy atom. The summed E-state index contributed by atoms with van der Waals surface area (Å²) in [6.45, 7) is 9.82. The normalized spacial score (nSPS) is 15.4. The lowest BCUT2D eigenvalue weighted by molar-refractivity contribution is 0.0950. The van der Waals surface area contributed by atoms with Gasteiger partial charge < -0.3 is 15.0 Å². The number of rotatable bonds is 6. The van der Waals surface area contributed by atoms with Crippen molar-refractivity contribution in [1.82, 2.24) is 9.55 Å². The van der Waals surface area contributed by atoms with Crippen molar-refractivity contribution in [3.8, 4) is 0 Å². The minimum Gasteiger partial charge on any atom is -0.380 e. The molecule has 0 spiro atoms. The SMILES string of the molecule is CCOCC(C(C)C)n1cncc1C(C)N. The predicted molar refractivity (Wildman–Crippen MR) is 65.2 cm³/mol. The molecule has 92 valence electrons. The number of nitrogens with two attached hydrogens (primary N) is 1. The predicted octanol–water partition coefficient (Wildman–Crippen LogP) is 2.14. The van der Waals surface area contributed by atoms with Crippen LogP contribution in [0.25, 0.3) is 0 Å². The second kappa shape index (κ2) is 6.01. The Balaban J connectivity index is 2.87. The third-order valence-corrected chi connectivity index (χ3v) is 2.78. The van der Waals surface area contributed by atoms with E-state index in [0.717, 1.165) is 12.3 Å². The van der Waals surface area contributed by atoms with Gasteiger partial charge in [0.05, 0.1) is 24.7 Å². The lowest BCUT2D eigenvalue weighted by atomic mass is 10.0. The average Bonchev–Trinajstić information content (AvgIpc) is 2.66. The van der Waals surface area contributed by atoms with E-state index in [-0.39, 0.29) is 6.04 Å². The molecule has 0 saturated heterocycles. The Morgan fingerprint density at radius 1 is 1.44 bits per heavy atom. The van der Waals surface area contributed by atoms with E-state index >= 15 is 0 Å². The summed E-state index contributed by atoms with van der Waals surface area (Å²) in [5, 5.41) is 0. The number of hydrogen-bond acceptors (Lipinski definition) is 3. The molecule has 1 heterocycles. The van der Waals surface area contributed by atoms with E-state index in [1.54, 1.807) is 0 Å². The van der Waals surface area contributed by atoms with Gasteiger partial charge in [-0.2, -0.15) is 0 Å². The van der Waals surface area contributed by atoms with Crippen molar-refractivity contribution in [2.75, 3.05) is 13.2 Å². The van der Waals surface area contributed by atoms with Crippen molar-refractivity contribution in [2.45, 2.75) is 39.8 Å². The lowest BCUT2D eigenvalue weighted by Crippen LogP contribution is -2.24. The van der Waals surface area contributed by atoms with Crippen LogP contribution in [0.1, 0.15) is 45.5 Å². The summed E-state index contributed by atoms with van der Waals surface area (Å²) in [5.74, 6) is 0.498. The van der Waals surface area contributed by atoms with Gasteiger partial charge in [0.15, 0.2) is 0 Å². The molecule has 2 unspecified atom stereocenters. The molecule has 0 saturated carbocycles. The first kappa shape index (κ1) is 13.2. The summed E-state index contributed by atoms with van der Waals surface area (Å²) in [5.41, 5.74) is 6.99. The molecule has 0 aliphatic rings. The Labute approximate surface area is 97.8 Å². The summed E-state index contributed by atoms with van der Waals surface area (Å²) in [6.07, 6.45) is 3.69. The number of aromatic nitrogens is 2. The van der Waals surface area contributed by atoms with Crippen molar-refractivity contribution in [3.63, 3.8) is 0 Å². The summed E-state index contributed by atoms with van der Waals surface area (Å²) >= 11 is 0. The average molecular weight is 225 g/mol. The van der Waals surface area contributed by atoms with Crippen LogP contribution in [-0.4, -0.2) is 22.8 Å². The maximum absolute atomic E-state index is 5.92. The Bertz CT molecular complexity index is 307. The van der Waals surface area contributed by atoms with Crippen LogP contribution in [0.3, 0.4) is 0 Å². The highest BCUT2D eigenvalue weighted by atomic mass is 16.5. The lowest BCUT2D eigenvalue weighted by Gasteiger charge is -2.25. The maximum atomic E-state index is 5.92. The molecule has 1 aromatic rings. The first-order valence-electron chi connectivity index (χ1n) is 5.93. The molecule has 1 rings (SSSR count). The zero-order valence-electron chi connectivity index (χ0n) is 10.7. The minimum absolute atomic E-state index is 0.00498. The van der Waals surface area contributed by atoms with Gasteiger partial charge in [0, 0.05) is 18.8 Å². The molecule has 4 nitrogen and oxygen atoms in total. The van der Waals surface area contributed by atoms with E-state index in [2.05, 4.69) is 23.4 Å². The van der Waals surface area contributed by atoms with Gasteiger partial charge in [-0.05, 0) is 19.8 Å². The molecule has 2 N–H and O–H groups in total. The fraction of sp³-hybridized carbons (Fsp3) is 0.750. The molecular weight excluding hydrogens is 202 g/mol. The van der Waals surface area contributed by atoms with Gasteiger partial charge in [0.2, 0.25) is 0 Å². The van der Waals surface area contributed by atoms with E-state index in [0.29, 0.717) is 18.6 Å². The first-order valence-corrected chi connectivity index (χ1v) is 5.93. The highest BCUT2D eigenvalue weighted by Crippen LogP contribution is 2.22. The van der Waals surface area contributed by atoms with Crippen LogP contribution in [-0.2, 0) is 4.74 Å². The highest BCUT2D eigenvalue weighted by molar-refractivity contribution is 5.05. The third kappa shape index (κ3) is 3.06. The van der Waals surface area contributed by atoms with Crippen molar-refractivity contribution in [2.24, 2.45) is 11.7 Å². The van der Waals surface area contributed by atoms with Gasteiger partial charge in [-0.1, -0.05) is 13.8 Å². The molecule has 2 atom stereocenters. The smallest absolute Gasteiger partial charge is 0.0952 e. The largest absolute Gasteiger partial charge is 0.380 e. The van der Waals surface area contributed by atoms with Crippen molar-refractivity contribution < 1.29 is 4.74 Å². The molecule has 16 heavy (non-hydrogen) atoms. The second-order valence-corrected chi connectivity index (χ2v) is 4.49. The van der Waals surface area contributed by atoms with Crippen LogP contribution in [0.4, 0.5) is 0 Å². The summed E-state index contributed by atoms with van der Waals surface area (Å²) in [7, 11) is 0. The zero-order chi connectivity index (χ0) is 12.1. The van der Waals surface area contributed by atoms with Crippen LogP contribution >= 0.6 is 0 Å². The first-order chi connectivity index (χ1) is 7.57. The molecule has 0 aliphatic heterocycles. The molecular formula is C12H23N3O. The Morgan fingerprint density at radius 2 is 2.12 bits per heavy atom. The monoisotopic (exact) mass is 225 g/mol. The fourth-order valence-corrected chi connectivity index (χ4v) is 1.78. The van der Waals surface area contributed by atoms with Crippen LogP contribution in [0.15, 0.2) is 12.5 Å². The minimum atomic E-state index is 0.00498. The van der Waals surface area contributed by atoms with Gasteiger partial charge in [-0.3, -0.25) is 0 Å². The van der Waals surface area contributed by atoms with E-state index < -0.39 is 0 Å².